The topological polar surface area (TPSA) is 109 Å². The van der Waals surface area contributed by atoms with Crippen molar-refractivity contribution >= 4 is 46.6 Å². The molecule has 4 N–H and O–H groups in total. The standard InChI is InChI=1S/C31H32Cl2F4N4O4/c32-16-4-6-19-21(10-16)40-28(44)31(19)23(18-2-1-3-20(33)24(18)37)25(41-30(31)12-29(13-30,14-35)15-36)27(43)39-17-5-7-22(45-11-17)26(42)38-9-8-34/h1-4,6,10,17,22-23,25,41H,5,7-9,11-15H2,(H,38,42)(H,39,43)(H,40,44)/t17-,22+,23+,25-,31-/m1/s1. The molecule has 4 aliphatic rings. The van der Waals surface area contributed by atoms with Gasteiger partial charge in [-0.15, -0.1) is 0 Å². The fraction of sp³-hybridized carbons (Fsp3) is 0.516. The highest BCUT2D eigenvalue weighted by Crippen LogP contribution is 2.68. The van der Waals surface area contributed by atoms with Crippen LogP contribution in [0.4, 0.5) is 23.2 Å². The van der Waals surface area contributed by atoms with Crippen LogP contribution in [0, 0.1) is 11.2 Å². The summed E-state index contributed by atoms with van der Waals surface area (Å²) in [5.41, 5.74) is -3.60. The molecular weight excluding hydrogens is 639 g/mol. The molecular formula is C31H32Cl2F4N4O4. The summed E-state index contributed by atoms with van der Waals surface area (Å²) in [5.74, 6) is -3.60. The van der Waals surface area contributed by atoms with E-state index in [9.17, 15) is 27.6 Å². The molecule has 2 aromatic carbocycles. The molecule has 3 heterocycles. The largest absolute Gasteiger partial charge is 0.366 e. The Morgan fingerprint density at radius 2 is 1.80 bits per heavy atom. The third kappa shape index (κ3) is 4.99. The van der Waals surface area contributed by atoms with Gasteiger partial charge in [0.1, 0.15) is 24.0 Å². The molecule has 1 aliphatic carbocycles. The molecule has 6 rings (SSSR count). The number of benzene rings is 2. The lowest BCUT2D eigenvalue weighted by Crippen LogP contribution is -2.70. The molecule has 242 valence electrons. The highest BCUT2D eigenvalue weighted by atomic mass is 35.5. The average Bonchev–Trinajstić information content (AvgIpc) is 3.48. The van der Waals surface area contributed by atoms with Crippen LogP contribution in [0.1, 0.15) is 42.7 Å². The summed E-state index contributed by atoms with van der Waals surface area (Å²) in [4.78, 5) is 40.7. The summed E-state index contributed by atoms with van der Waals surface area (Å²) in [5, 5.41) is 11.6. The molecule has 8 nitrogen and oxygen atoms in total. The van der Waals surface area contributed by atoms with Gasteiger partial charge in [-0.1, -0.05) is 41.4 Å². The molecule has 0 aromatic heterocycles. The molecule has 3 aliphatic heterocycles. The van der Waals surface area contributed by atoms with Gasteiger partial charge < -0.3 is 20.7 Å². The Morgan fingerprint density at radius 3 is 2.47 bits per heavy atom. The number of carbonyl (C=O) groups excluding carboxylic acids is 3. The fourth-order valence-electron chi connectivity index (χ4n) is 8.01. The molecule has 0 unspecified atom stereocenters. The quantitative estimate of drug-likeness (QED) is 0.314. The molecule has 3 amide bonds. The summed E-state index contributed by atoms with van der Waals surface area (Å²) < 4.78 is 62.7. The molecule has 0 bridgehead atoms. The van der Waals surface area contributed by atoms with E-state index in [4.69, 9.17) is 27.9 Å². The monoisotopic (exact) mass is 670 g/mol. The van der Waals surface area contributed by atoms with Crippen LogP contribution < -0.4 is 21.3 Å². The Morgan fingerprint density at radius 1 is 1.04 bits per heavy atom. The normalized spacial score (nSPS) is 29.2. The van der Waals surface area contributed by atoms with Crippen LogP contribution >= 0.6 is 23.2 Å². The summed E-state index contributed by atoms with van der Waals surface area (Å²) in [6.45, 7) is -2.83. The number of carbonyl (C=O) groups is 3. The van der Waals surface area contributed by atoms with E-state index in [1.165, 1.54) is 18.2 Å². The van der Waals surface area contributed by atoms with Crippen molar-refractivity contribution in [2.24, 2.45) is 5.41 Å². The number of hydrogen-bond donors (Lipinski definition) is 4. The van der Waals surface area contributed by atoms with Crippen LogP contribution in [0.25, 0.3) is 0 Å². The zero-order chi connectivity index (χ0) is 32.1. The number of alkyl halides is 3. The SMILES string of the molecule is O=C(NCCF)[C@@H]1CC[C@@H](NC(=O)[C@@H]2NC3(CC(CF)(CF)C3)[C@@]3(C(=O)Nc4cc(Cl)ccc43)[C@H]2c2cccc(Cl)c2F)CO1. The summed E-state index contributed by atoms with van der Waals surface area (Å²) in [7, 11) is 0. The van der Waals surface area contributed by atoms with E-state index < -0.39 is 84.0 Å². The molecule has 45 heavy (non-hydrogen) atoms. The molecule has 2 spiro atoms. The van der Waals surface area contributed by atoms with E-state index in [2.05, 4.69) is 21.3 Å². The number of ether oxygens (including phenoxy) is 1. The smallest absolute Gasteiger partial charge is 0.249 e. The van der Waals surface area contributed by atoms with E-state index in [1.54, 1.807) is 18.2 Å². The Hall–Kier alpha value is -2.93. The predicted octanol–water partition coefficient (Wildman–Crippen LogP) is 4.29. The van der Waals surface area contributed by atoms with Crippen molar-refractivity contribution < 1.29 is 36.7 Å². The van der Waals surface area contributed by atoms with Gasteiger partial charge in [0.15, 0.2) is 0 Å². The van der Waals surface area contributed by atoms with Gasteiger partial charge in [0, 0.05) is 34.1 Å². The second-order valence-corrected chi connectivity index (χ2v) is 13.3. The lowest BCUT2D eigenvalue weighted by molar-refractivity contribution is -0.137. The van der Waals surface area contributed by atoms with Gasteiger partial charge in [-0.25, -0.2) is 8.78 Å². The predicted molar refractivity (Wildman–Crippen MR) is 159 cm³/mol. The minimum atomic E-state index is -1.67. The third-order valence-electron chi connectivity index (χ3n) is 9.83. The van der Waals surface area contributed by atoms with Gasteiger partial charge in [0.25, 0.3) is 0 Å². The lowest BCUT2D eigenvalue weighted by Gasteiger charge is -2.59. The van der Waals surface area contributed by atoms with E-state index in [0.29, 0.717) is 22.7 Å². The maximum absolute atomic E-state index is 16.0. The van der Waals surface area contributed by atoms with Crippen LogP contribution in [0.3, 0.4) is 0 Å². The van der Waals surface area contributed by atoms with E-state index >= 15 is 4.39 Å². The molecule has 2 saturated heterocycles. The minimum absolute atomic E-state index is 0.00698. The Bertz CT molecular complexity index is 1510. The van der Waals surface area contributed by atoms with Gasteiger partial charge in [0.05, 0.1) is 37.1 Å². The minimum Gasteiger partial charge on any atom is -0.366 e. The van der Waals surface area contributed by atoms with Gasteiger partial charge in [-0.2, -0.15) is 0 Å². The van der Waals surface area contributed by atoms with Crippen molar-refractivity contribution in [2.75, 3.05) is 38.5 Å². The Kier molecular flexibility index (Phi) is 8.55. The maximum atomic E-state index is 16.0. The molecule has 1 saturated carbocycles. The van der Waals surface area contributed by atoms with E-state index in [1.807, 2.05) is 0 Å². The van der Waals surface area contributed by atoms with E-state index in [-0.39, 0.29) is 43.0 Å². The number of anilines is 1. The number of fused-ring (bicyclic) bond motifs is 3. The first-order valence-corrected chi connectivity index (χ1v) is 15.5. The fourth-order valence-corrected chi connectivity index (χ4v) is 8.36. The highest BCUT2D eigenvalue weighted by molar-refractivity contribution is 6.31. The summed E-state index contributed by atoms with van der Waals surface area (Å²) in [6.07, 6.45) is -0.453. The zero-order valence-corrected chi connectivity index (χ0v) is 25.6. The molecule has 2 aromatic rings. The third-order valence-corrected chi connectivity index (χ3v) is 10.4. The van der Waals surface area contributed by atoms with Crippen molar-refractivity contribution in [3.8, 4) is 0 Å². The number of nitrogens with one attached hydrogen (secondary N) is 4. The summed E-state index contributed by atoms with van der Waals surface area (Å²) in [6, 6.07) is 7.29. The first-order chi connectivity index (χ1) is 21.5. The molecule has 14 heteroatoms. The highest BCUT2D eigenvalue weighted by Gasteiger charge is 2.78. The van der Waals surface area contributed by atoms with Crippen LogP contribution in [0.2, 0.25) is 10.0 Å². The number of hydrogen-bond acceptors (Lipinski definition) is 5. The van der Waals surface area contributed by atoms with Gasteiger partial charge >= 0.3 is 0 Å². The zero-order valence-electron chi connectivity index (χ0n) is 24.0. The molecule has 3 fully saturated rings. The first-order valence-electron chi connectivity index (χ1n) is 14.8. The second-order valence-electron chi connectivity index (χ2n) is 12.5. The number of rotatable bonds is 8. The van der Waals surface area contributed by atoms with Gasteiger partial charge in [-0.05, 0) is 55.0 Å². The first kappa shape index (κ1) is 32.0. The maximum Gasteiger partial charge on any atom is 0.249 e. The Balaban J connectivity index is 1.40. The van der Waals surface area contributed by atoms with Crippen molar-refractivity contribution in [1.29, 1.82) is 0 Å². The average molecular weight is 672 g/mol. The lowest BCUT2D eigenvalue weighted by atomic mass is 9.46. The van der Waals surface area contributed by atoms with Crippen molar-refractivity contribution in [3.63, 3.8) is 0 Å². The molecule has 5 atom stereocenters. The van der Waals surface area contributed by atoms with Crippen molar-refractivity contribution in [1.82, 2.24) is 16.0 Å². The van der Waals surface area contributed by atoms with Gasteiger partial charge in [0.2, 0.25) is 17.7 Å². The van der Waals surface area contributed by atoms with Crippen LogP contribution in [0.5, 0.6) is 0 Å². The van der Waals surface area contributed by atoms with Crippen molar-refractivity contribution in [2.45, 2.75) is 60.7 Å². The van der Waals surface area contributed by atoms with Crippen LogP contribution in [-0.4, -0.2) is 74.6 Å². The van der Waals surface area contributed by atoms with Crippen molar-refractivity contribution in [3.05, 3.63) is 63.4 Å². The summed E-state index contributed by atoms with van der Waals surface area (Å²) >= 11 is 12.5. The van der Waals surface area contributed by atoms with Gasteiger partial charge in [-0.3, -0.25) is 28.5 Å². The van der Waals surface area contributed by atoms with Crippen LogP contribution in [0.15, 0.2) is 36.4 Å². The second kappa shape index (κ2) is 12.0. The molecule has 0 radical (unpaired) electrons. The van der Waals surface area contributed by atoms with E-state index in [0.717, 1.165) is 0 Å². The van der Waals surface area contributed by atoms with Crippen LogP contribution in [-0.2, 0) is 24.5 Å². The Labute approximate surface area is 266 Å². The number of amides is 3. The number of halogens is 6.